The molecule has 0 unspecified atom stereocenters. The third kappa shape index (κ3) is 4.36. The van der Waals surface area contributed by atoms with Crippen molar-refractivity contribution in [1.82, 2.24) is 0 Å². The van der Waals surface area contributed by atoms with E-state index in [1.165, 1.54) is 25.3 Å². The van der Waals surface area contributed by atoms with Crippen molar-refractivity contribution in [2.45, 2.75) is 0 Å². The Morgan fingerprint density at radius 2 is 1.79 bits per heavy atom. The summed E-state index contributed by atoms with van der Waals surface area (Å²) in [6.45, 7) is 0. The Morgan fingerprint density at radius 3 is 2.46 bits per heavy atom. The Kier molecular flexibility index (Phi) is 5.57. The van der Waals surface area contributed by atoms with Gasteiger partial charge in [-0.3, -0.25) is 4.79 Å². The average molecular weight is 327 g/mol. The fourth-order valence-electron chi connectivity index (χ4n) is 2.04. The average Bonchev–Trinajstić information content (AvgIpc) is 2.59. The van der Waals surface area contributed by atoms with Gasteiger partial charge in [-0.05, 0) is 42.0 Å². The number of carbonyl (C=O) groups is 2. The smallest absolute Gasteiger partial charge is 0.335 e. The van der Waals surface area contributed by atoms with Crippen molar-refractivity contribution in [3.8, 4) is 11.5 Å². The number of anilines is 1. The lowest BCUT2D eigenvalue weighted by Crippen LogP contribution is -2.08. The highest BCUT2D eigenvalue weighted by atomic mass is 16.5. The topological polar surface area (TPSA) is 84.9 Å². The Hall–Kier alpha value is -3.28. The Balaban J connectivity index is 2.08. The van der Waals surface area contributed by atoms with Gasteiger partial charge in [0.2, 0.25) is 5.91 Å². The van der Waals surface area contributed by atoms with Gasteiger partial charge < -0.3 is 19.9 Å². The van der Waals surface area contributed by atoms with Crippen LogP contribution in [-0.4, -0.2) is 31.2 Å². The molecule has 0 saturated heterocycles. The van der Waals surface area contributed by atoms with Crippen molar-refractivity contribution in [2.24, 2.45) is 0 Å². The van der Waals surface area contributed by atoms with Crippen LogP contribution >= 0.6 is 0 Å². The molecule has 124 valence electrons. The SMILES string of the molecule is COc1ccc(C=CC(=O)Nc2cccc(C(=O)O)c2)cc1OC. The molecular formula is C18H17NO5. The molecule has 0 fully saturated rings. The molecule has 0 radical (unpaired) electrons. The Labute approximate surface area is 139 Å². The predicted octanol–water partition coefficient (Wildman–Crippen LogP) is 3.05. The number of hydrogen-bond acceptors (Lipinski definition) is 4. The van der Waals surface area contributed by atoms with Crippen molar-refractivity contribution < 1.29 is 24.2 Å². The molecule has 6 nitrogen and oxygen atoms in total. The van der Waals surface area contributed by atoms with Crippen LogP contribution in [0.3, 0.4) is 0 Å². The van der Waals surface area contributed by atoms with Gasteiger partial charge in [0.1, 0.15) is 0 Å². The third-order valence-electron chi connectivity index (χ3n) is 3.21. The maximum Gasteiger partial charge on any atom is 0.335 e. The number of nitrogens with one attached hydrogen (secondary N) is 1. The minimum atomic E-state index is -1.05. The van der Waals surface area contributed by atoms with Gasteiger partial charge in [0.25, 0.3) is 0 Å². The van der Waals surface area contributed by atoms with Crippen molar-refractivity contribution in [2.75, 3.05) is 19.5 Å². The van der Waals surface area contributed by atoms with Gasteiger partial charge in [-0.2, -0.15) is 0 Å². The summed E-state index contributed by atoms with van der Waals surface area (Å²) in [7, 11) is 3.08. The van der Waals surface area contributed by atoms with E-state index in [9.17, 15) is 9.59 Å². The minimum Gasteiger partial charge on any atom is -0.493 e. The van der Waals surface area contributed by atoms with E-state index in [0.29, 0.717) is 17.2 Å². The van der Waals surface area contributed by atoms with E-state index in [2.05, 4.69) is 5.32 Å². The summed E-state index contributed by atoms with van der Waals surface area (Å²) in [6.07, 6.45) is 2.98. The number of benzene rings is 2. The highest BCUT2D eigenvalue weighted by Gasteiger charge is 2.05. The van der Waals surface area contributed by atoms with Crippen LogP contribution in [0.25, 0.3) is 6.08 Å². The first kappa shape index (κ1) is 17.1. The zero-order valence-electron chi connectivity index (χ0n) is 13.3. The maximum atomic E-state index is 11.9. The number of hydrogen-bond donors (Lipinski definition) is 2. The molecule has 0 aromatic heterocycles. The molecule has 0 aliphatic rings. The molecule has 0 aliphatic heterocycles. The fraction of sp³-hybridized carbons (Fsp3) is 0.111. The summed E-state index contributed by atoms with van der Waals surface area (Å²) >= 11 is 0. The number of carboxylic acids is 1. The highest BCUT2D eigenvalue weighted by Crippen LogP contribution is 2.27. The molecule has 24 heavy (non-hydrogen) atoms. The van der Waals surface area contributed by atoms with E-state index in [-0.39, 0.29) is 11.5 Å². The molecule has 2 N–H and O–H groups in total. The summed E-state index contributed by atoms with van der Waals surface area (Å²) in [5.74, 6) is -0.252. The van der Waals surface area contributed by atoms with Crippen molar-refractivity contribution >= 4 is 23.6 Å². The second-order valence-electron chi connectivity index (χ2n) is 4.82. The number of amides is 1. The van der Waals surface area contributed by atoms with Gasteiger partial charge in [-0.1, -0.05) is 12.1 Å². The standard InChI is InChI=1S/C18H17NO5/c1-23-15-8-6-12(10-16(15)24-2)7-9-17(20)19-14-5-3-4-13(11-14)18(21)22/h3-11H,1-2H3,(H,19,20)(H,21,22). The number of methoxy groups -OCH3 is 2. The lowest BCUT2D eigenvalue weighted by atomic mass is 10.2. The van der Waals surface area contributed by atoms with E-state index in [1.807, 2.05) is 0 Å². The maximum absolute atomic E-state index is 11.9. The molecule has 0 spiro atoms. The number of rotatable bonds is 6. The molecule has 0 atom stereocenters. The quantitative estimate of drug-likeness (QED) is 0.797. The number of carboxylic acid groups (broad SMARTS) is 1. The van der Waals surface area contributed by atoms with Crippen molar-refractivity contribution in [1.29, 1.82) is 0 Å². The molecule has 0 heterocycles. The lowest BCUT2D eigenvalue weighted by Gasteiger charge is -2.07. The van der Waals surface area contributed by atoms with Crippen LogP contribution in [0, 0.1) is 0 Å². The monoisotopic (exact) mass is 327 g/mol. The third-order valence-corrected chi connectivity index (χ3v) is 3.21. The molecule has 0 aliphatic carbocycles. The molecule has 6 heteroatoms. The van der Waals surface area contributed by atoms with Gasteiger partial charge in [0, 0.05) is 11.8 Å². The van der Waals surface area contributed by atoms with Crippen LogP contribution in [0.4, 0.5) is 5.69 Å². The second kappa shape index (κ2) is 7.82. The van der Waals surface area contributed by atoms with Crippen LogP contribution in [0.15, 0.2) is 48.5 Å². The van der Waals surface area contributed by atoms with Crippen molar-refractivity contribution in [3.05, 3.63) is 59.7 Å². The molecule has 2 aromatic rings. The lowest BCUT2D eigenvalue weighted by molar-refractivity contribution is -0.111. The van der Waals surface area contributed by atoms with Gasteiger partial charge in [0.15, 0.2) is 11.5 Å². The summed E-state index contributed by atoms with van der Waals surface area (Å²) in [6, 6.07) is 11.3. The van der Waals surface area contributed by atoms with E-state index in [0.717, 1.165) is 5.56 Å². The van der Waals surface area contributed by atoms with Crippen LogP contribution in [0.5, 0.6) is 11.5 Å². The van der Waals surface area contributed by atoms with Crippen LogP contribution < -0.4 is 14.8 Å². The summed E-state index contributed by atoms with van der Waals surface area (Å²) < 4.78 is 10.3. The summed E-state index contributed by atoms with van der Waals surface area (Å²) in [5.41, 5.74) is 1.29. The first-order chi connectivity index (χ1) is 11.5. The molecule has 2 rings (SSSR count). The zero-order chi connectivity index (χ0) is 17.5. The first-order valence-electron chi connectivity index (χ1n) is 7.08. The second-order valence-corrected chi connectivity index (χ2v) is 4.82. The van der Waals surface area contributed by atoms with Crippen LogP contribution in [0.1, 0.15) is 15.9 Å². The van der Waals surface area contributed by atoms with Gasteiger partial charge in [0.05, 0.1) is 19.8 Å². The molecule has 2 aromatic carbocycles. The first-order valence-corrected chi connectivity index (χ1v) is 7.08. The van der Waals surface area contributed by atoms with E-state index in [1.54, 1.807) is 43.5 Å². The van der Waals surface area contributed by atoms with Crippen LogP contribution in [-0.2, 0) is 4.79 Å². The summed E-state index contributed by atoms with van der Waals surface area (Å²) in [5, 5.41) is 11.6. The Bertz CT molecular complexity index is 783. The van der Waals surface area contributed by atoms with E-state index >= 15 is 0 Å². The zero-order valence-corrected chi connectivity index (χ0v) is 13.3. The van der Waals surface area contributed by atoms with E-state index in [4.69, 9.17) is 14.6 Å². The van der Waals surface area contributed by atoms with Gasteiger partial charge >= 0.3 is 5.97 Å². The minimum absolute atomic E-state index is 0.108. The largest absolute Gasteiger partial charge is 0.493 e. The van der Waals surface area contributed by atoms with Crippen LogP contribution in [0.2, 0.25) is 0 Å². The summed E-state index contributed by atoms with van der Waals surface area (Å²) in [4.78, 5) is 22.9. The molecule has 1 amide bonds. The number of ether oxygens (including phenoxy) is 2. The Morgan fingerprint density at radius 1 is 1.04 bits per heavy atom. The number of carbonyl (C=O) groups excluding carboxylic acids is 1. The van der Waals surface area contributed by atoms with Crippen molar-refractivity contribution in [3.63, 3.8) is 0 Å². The fourth-order valence-corrected chi connectivity index (χ4v) is 2.04. The molecule has 0 saturated carbocycles. The normalized spacial score (nSPS) is 10.4. The van der Waals surface area contributed by atoms with Gasteiger partial charge in [-0.25, -0.2) is 4.79 Å². The molecular weight excluding hydrogens is 310 g/mol. The predicted molar refractivity (Wildman–Crippen MR) is 90.6 cm³/mol. The highest BCUT2D eigenvalue weighted by molar-refractivity contribution is 6.02. The number of aromatic carboxylic acids is 1. The van der Waals surface area contributed by atoms with Gasteiger partial charge in [-0.15, -0.1) is 0 Å². The van der Waals surface area contributed by atoms with E-state index < -0.39 is 5.97 Å². The molecule has 0 bridgehead atoms.